The third-order valence-corrected chi connectivity index (χ3v) is 4.77. The van der Waals surface area contributed by atoms with E-state index in [0.29, 0.717) is 0 Å². The normalized spacial score (nSPS) is 13.4. The number of halogens is 3. The average Bonchev–Trinajstić information content (AvgIpc) is 2.01. The van der Waals surface area contributed by atoms with E-state index in [0.717, 1.165) is 0 Å². The van der Waals surface area contributed by atoms with Crippen molar-refractivity contribution in [3.63, 3.8) is 0 Å². The van der Waals surface area contributed by atoms with Crippen LogP contribution in [0.15, 0.2) is 0 Å². The van der Waals surface area contributed by atoms with Crippen LogP contribution in [0.2, 0.25) is 0 Å². The van der Waals surface area contributed by atoms with Gasteiger partial charge in [-0.2, -0.15) is 0 Å². The summed E-state index contributed by atoms with van der Waals surface area (Å²) in [7, 11) is 3.02. The topological polar surface area (TPSA) is 52.7 Å². The summed E-state index contributed by atoms with van der Waals surface area (Å²) >= 11 is 16.1. The van der Waals surface area contributed by atoms with Crippen molar-refractivity contribution in [3.05, 3.63) is 0 Å². The van der Waals surface area contributed by atoms with Crippen LogP contribution in [0.5, 0.6) is 0 Å². The van der Waals surface area contributed by atoms with E-state index in [2.05, 4.69) is 5.09 Å². The molecule has 0 aromatic heterocycles. The standard InChI is InChI=1S/C6H13Cl3N3O2P/c1-11(2)15(14,12(3)4)10-5(13)6(7,8)9/h1-4H3,(H,10,13,14). The third-order valence-electron chi connectivity index (χ3n) is 1.59. The van der Waals surface area contributed by atoms with E-state index in [1.54, 1.807) is 28.2 Å². The highest BCUT2D eigenvalue weighted by atomic mass is 35.6. The van der Waals surface area contributed by atoms with Gasteiger partial charge in [0.2, 0.25) is 0 Å². The van der Waals surface area contributed by atoms with Crippen LogP contribution in [0.1, 0.15) is 0 Å². The number of alkyl halides is 3. The molecule has 0 aliphatic carbocycles. The molecule has 0 unspecified atom stereocenters. The monoisotopic (exact) mass is 295 g/mol. The van der Waals surface area contributed by atoms with E-state index in [9.17, 15) is 9.36 Å². The maximum atomic E-state index is 12.2. The Morgan fingerprint density at radius 1 is 1.13 bits per heavy atom. The molecular formula is C6H13Cl3N3O2P. The molecule has 0 radical (unpaired) electrons. The van der Waals surface area contributed by atoms with Gasteiger partial charge in [0.15, 0.2) is 0 Å². The molecule has 1 amide bonds. The van der Waals surface area contributed by atoms with Gasteiger partial charge in [-0.1, -0.05) is 34.8 Å². The first-order valence-electron chi connectivity index (χ1n) is 3.87. The number of nitrogens with one attached hydrogen (secondary N) is 1. The van der Waals surface area contributed by atoms with Crippen LogP contribution in [0.4, 0.5) is 0 Å². The highest BCUT2D eigenvalue weighted by Crippen LogP contribution is 2.46. The van der Waals surface area contributed by atoms with Crippen molar-refractivity contribution < 1.29 is 9.36 Å². The van der Waals surface area contributed by atoms with Gasteiger partial charge in [-0.25, -0.2) is 9.34 Å². The Hall–Kier alpha value is 0.490. The Kier molecular flexibility index (Phi) is 5.38. The molecule has 0 rings (SSSR count). The van der Waals surface area contributed by atoms with E-state index in [4.69, 9.17) is 34.8 Å². The second-order valence-corrected chi connectivity index (χ2v) is 8.37. The van der Waals surface area contributed by atoms with E-state index < -0.39 is 17.3 Å². The zero-order valence-electron chi connectivity index (χ0n) is 8.79. The Morgan fingerprint density at radius 2 is 1.47 bits per heavy atom. The largest absolute Gasteiger partial charge is 0.309 e. The van der Waals surface area contributed by atoms with E-state index >= 15 is 0 Å². The number of rotatable bonds is 3. The van der Waals surface area contributed by atoms with Crippen molar-refractivity contribution in [2.75, 3.05) is 28.2 Å². The Labute approximate surface area is 104 Å². The fraction of sp³-hybridized carbons (Fsp3) is 0.833. The van der Waals surface area contributed by atoms with Gasteiger partial charge in [-0.15, -0.1) is 0 Å². The number of carbonyl (C=O) groups excluding carboxylic acids is 1. The molecule has 5 nitrogen and oxygen atoms in total. The van der Waals surface area contributed by atoms with Gasteiger partial charge in [0.1, 0.15) is 0 Å². The molecule has 1 N–H and O–H groups in total. The molecule has 0 aromatic rings. The summed E-state index contributed by atoms with van der Waals surface area (Å²) in [5.74, 6) is -0.918. The number of hydrogen-bond acceptors (Lipinski definition) is 2. The summed E-state index contributed by atoms with van der Waals surface area (Å²) in [6.45, 7) is 0. The average molecular weight is 297 g/mol. The molecule has 9 heteroatoms. The van der Waals surface area contributed by atoms with Gasteiger partial charge in [0.05, 0.1) is 0 Å². The summed E-state index contributed by atoms with van der Waals surface area (Å²) in [5, 5.41) is 2.20. The molecule has 90 valence electrons. The second-order valence-electron chi connectivity index (χ2n) is 3.18. The third kappa shape index (κ3) is 4.10. The van der Waals surface area contributed by atoms with Crippen molar-refractivity contribution in [1.82, 2.24) is 14.4 Å². The SMILES string of the molecule is CN(C)P(=O)(NC(=O)C(Cl)(Cl)Cl)N(C)C. The maximum absolute atomic E-state index is 12.2. The first-order valence-corrected chi connectivity index (χ1v) is 6.61. The first-order chi connectivity index (χ1) is 6.51. The van der Waals surface area contributed by atoms with Crippen LogP contribution >= 0.6 is 42.4 Å². The van der Waals surface area contributed by atoms with Crippen LogP contribution in [-0.2, 0) is 9.36 Å². The van der Waals surface area contributed by atoms with Crippen molar-refractivity contribution in [2.24, 2.45) is 0 Å². The predicted octanol–water partition coefficient (Wildman–Crippen LogP) is 1.70. The Balaban J connectivity index is 4.89. The Morgan fingerprint density at radius 3 is 1.67 bits per heavy atom. The van der Waals surface area contributed by atoms with Gasteiger partial charge in [0.25, 0.3) is 9.70 Å². The van der Waals surface area contributed by atoms with Crippen molar-refractivity contribution in [3.8, 4) is 0 Å². The summed E-state index contributed by atoms with van der Waals surface area (Å²) < 4.78 is 12.8. The van der Waals surface area contributed by atoms with E-state index in [1.807, 2.05) is 0 Å². The van der Waals surface area contributed by atoms with Gasteiger partial charge in [-0.05, 0) is 28.2 Å². The zero-order chi connectivity index (χ0) is 12.4. The molecule has 0 bridgehead atoms. The zero-order valence-corrected chi connectivity index (χ0v) is 12.0. The predicted molar refractivity (Wildman–Crippen MR) is 63.4 cm³/mol. The number of hydrogen-bond donors (Lipinski definition) is 1. The van der Waals surface area contributed by atoms with Crippen molar-refractivity contribution in [1.29, 1.82) is 0 Å². The van der Waals surface area contributed by atoms with Crippen LogP contribution < -0.4 is 5.09 Å². The molecule has 0 saturated carbocycles. The lowest BCUT2D eigenvalue weighted by Crippen LogP contribution is -2.40. The fourth-order valence-corrected chi connectivity index (χ4v) is 2.64. The molecule has 0 fully saturated rings. The van der Waals surface area contributed by atoms with Crippen LogP contribution in [-0.4, -0.2) is 47.2 Å². The van der Waals surface area contributed by atoms with Gasteiger partial charge >= 0.3 is 7.59 Å². The molecular weight excluding hydrogens is 283 g/mol. The molecule has 0 heterocycles. The lowest BCUT2D eigenvalue weighted by molar-refractivity contribution is -0.118. The Bertz CT molecular complexity index is 278. The quantitative estimate of drug-likeness (QED) is 0.636. The molecule has 0 aliphatic rings. The van der Waals surface area contributed by atoms with Crippen molar-refractivity contribution >= 4 is 48.3 Å². The highest BCUT2D eigenvalue weighted by Gasteiger charge is 2.38. The summed E-state index contributed by atoms with van der Waals surface area (Å²) in [6, 6.07) is 0. The molecule has 0 spiro atoms. The highest BCUT2D eigenvalue weighted by molar-refractivity contribution is 7.57. The number of carbonyl (C=O) groups is 1. The lowest BCUT2D eigenvalue weighted by atomic mass is 10.7. The van der Waals surface area contributed by atoms with Crippen LogP contribution in [0.3, 0.4) is 0 Å². The molecule has 0 saturated heterocycles. The number of nitrogens with zero attached hydrogens (tertiary/aromatic N) is 2. The first kappa shape index (κ1) is 15.5. The fourth-order valence-electron chi connectivity index (χ4n) is 0.753. The van der Waals surface area contributed by atoms with Gasteiger partial charge < -0.3 is 0 Å². The van der Waals surface area contributed by atoms with E-state index in [-0.39, 0.29) is 0 Å². The summed E-state index contributed by atoms with van der Waals surface area (Å²) in [5.41, 5.74) is 0. The molecule has 0 atom stereocenters. The molecule has 0 aromatic carbocycles. The smallest absolute Gasteiger partial charge is 0.279 e. The number of amides is 1. The molecule has 15 heavy (non-hydrogen) atoms. The minimum Gasteiger partial charge on any atom is -0.279 e. The summed E-state index contributed by atoms with van der Waals surface area (Å²) in [6.07, 6.45) is 0. The minimum absolute atomic E-state index is 0.918. The van der Waals surface area contributed by atoms with Gasteiger partial charge in [-0.3, -0.25) is 14.4 Å². The van der Waals surface area contributed by atoms with Crippen molar-refractivity contribution in [2.45, 2.75) is 3.79 Å². The maximum Gasteiger partial charge on any atom is 0.309 e. The van der Waals surface area contributed by atoms with Crippen LogP contribution in [0, 0.1) is 0 Å². The minimum atomic E-state index is -3.20. The summed E-state index contributed by atoms with van der Waals surface area (Å²) in [4.78, 5) is 11.4. The van der Waals surface area contributed by atoms with Gasteiger partial charge in [0, 0.05) is 0 Å². The lowest BCUT2D eigenvalue weighted by Gasteiger charge is -2.31. The molecule has 0 aliphatic heterocycles. The van der Waals surface area contributed by atoms with E-state index in [1.165, 1.54) is 9.34 Å². The second kappa shape index (κ2) is 5.21. The van der Waals surface area contributed by atoms with Crippen LogP contribution in [0.25, 0.3) is 0 Å².